The summed E-state index contributed by atoms with van der Waals surface area (Å²) in [6.45, 7) is 1.89. The largest absolute Gasteiger partial charge is 0.289 e. The van der Waals surface area contributed by atoms with Crippen molar-refractivity contribution in [3.8, 4) is 0 Å². The van der Waals surface area contributed by atoms with Crippen molar-refractivity contribution in [1.29, 1.82) is 0 Å². The summed E-state index contributed by atoms with van der Waals surface area (Å²) >= 11 is 7.48. The lowest BCUT2D eigenvalue weighted by Gasteiger charge is -2.09. The van der Waals surface area contributed by atoms with E-state index in [1.54, 1.807) is 54.6 Å². The van der Waals surface area contributed by atoms with Gasteiger partial charge in [0.1, 0.15) is 0 Å². The monoisotopic (exact) mass is 415 g/mol. The highest BCUT2D eigenvalue weighted by atomic mass is 35.5. The number of anilines is 1. The number of hydrogen-bond donors (Lipinski definition) is 1. The maximum Gasteiger partial charge on any atom is 0.261 e. The molecule has 0 atom stereocenters. The van der Waals surface area contributed by atoms with E-state index in [-0.39, 0.29) is 10.3 Å². The molecular weight excluding hydrogens is 402 g/mol. The van der Waals surface area contributed by atoms with Crippen LogP contribution in [0.3, 0.4) is 0 Å². The van der Waals surface area contributed by atoms with Crippen LogP contribution in [0.25, 0.3) is 20.2 Å². The number of benzene rings is 3. The van der Waals surface area contributed by atoms with Gasteiger partial charge in [-0.2, -0.15) is 0 Å². The molecule has 3 aromatic carbocycles. The number of nitrogens with one attached hydrogen (secondary N) is 1. The first-order valence-electron chi connectivity index (χ1n) is 8.09. The molecule has 27 heavy (non-hydrogen) atoms. The molecule has 0 spiro atoms. The van der Waals surface area contributed by atoms with Crippen molar-refractivity contribution in [1.82, 2.24) is 0 Å². The molecule has 0 saturated carbocycles. The molecule has 0 radical (unpaired) electrons. The van der Waals surface area contributed by atoms with E-state index in [4.69, 9.17) is 11.6 Å². The Balaban J connectivity index is 1.81. The van der Waals surface area contributed by atoms with Gasteiger partial charge in [0.05, 0.1) is 4.90 Å². The summed E-state index contributed by atoms with van der Waals surface area (Å²) < 4.78 is 29.3. The summed E-state index contributed by atoms with van der Waals surface area (Å²) in [5.74, 6) is 0. The Morgan fingerprint density at radius 1 is 0.889 bits per heavy atom. The van der Waals surface area contributed by atoms with Crippen LogP contribution in [0.1, 0.15) is 5.56 Å². The second-order valence-corrected chi connectivity index (χ2v) is 9.40. The first-order valence-corrected chi connectivity index (χ1v) is 10.8. The summed E-state index contributed by atoms with van der Waals surface area (Å²) in [7, 11) is -3.73. The van der Waals surface area contributed by atoms with Crippen molar-refractivity contribution in [3.05, 3.63) is 81.5 Å². The van der Waals surface area contributed by atoms with E-state index in [1.165, 1.54) is 11.3 Å². The first kappa shape index (κ1) is 18.0. The molecule has 1 aromatic heterocycles. The molecule has 0 aliphatic carbocycles. The Morgan fingerprint density at radius 3 is 2.22 bits per heavy atom. The van der Waals surface area contributed by atoms with E-state index in [9.17, 15) is 13.2 Å². The molecule has 0 unspecified atom stereocenters. The van der Waals surface area contributed by atoms with Crippen molar-refractivity contribution in [2.75, 3.05) is 4.72 Å². The average molecular weight is 416 g/mol. The lowest BCUT2D eigenvalue weighted by molar-refractivity contribution is 0.601. The fourth-order valence-electron chi connectivity index (χ4n) is 2.82. The molecule has 4 nitrogen and oxygen atoms in total. The summed E-state index contributed by atoms with van der Waals surface area (Å²) in [5, 5.41) is 1.47. The molecule has 0 fully saturated rings. The molecule has 0 saturated heterocycles. The zero-order valence-corrected chi connectivity index (χ0v) is 16.6. The van der Waals surface area contributed by atoms with Gasteiger partial charge in [-0.05, 0) is 55.5 Å². The van der Waals surface area contributed by atoms with Gasteiger partial charge in [0.25, 0.3) is 10.0 Å². The van der Waals surface area contributed by atoms with E-state index in [2.05, 4.69) is 4.72 Å². The number of halogens is 1. The summed E-state index contributed by atoms with van der Waals surface area (Å²) in [5.41, 5.74) is 1.15. The average Bonchev–Trinajstić information content (AvgIpc) is 2.63. The van der Waals surface area contributed by atoms with Crippen LogP contribution in [0, 0.1) is 6.92 Å². The minimum Gasteiger partial charge on any atom is -0.289 e. The highest BCUT2D eigenvalue weighted by molar-refractivity contribution is 7.92. The lowest BCUT2D eigenvalue weighted by Crippen LogP contribution is -2.13. The van der Waals surface area contributed by atoms with E-state index < -0.39 is 10.0 Å². The van der Waals surface area contributed by atoms with Crippen LogP contribution in [-0.4, -0.2) is 8.42 Å². The van der Waals surface area contributed by atoms with Gasteiger partial charge in [-0.25, -0.2) is 8.42 Å². The highest BCUT2D eigenvalue weighted by Crippen LogP contribution is 2.29. The third-order valence-corrected chi connectivity index (χ3v) is 7.00. The normalized spacial score (nSPS) is 11.8. The minimum atomic E-state index is -3.73. The van der Waals surface area contributed by atoms with Crippen LogP contribution < -0.4 is 10.2 Å². The molecule has 1 N–H and O–H groups in total. The topological polar surface area (TPSA) is 63.2 Å². The number of fused-ring (bicyclic) bond motifs is 2. The predicted molar refractivity (Wildman–Crippen MR) is 113 cm³/mol. The summed E-state index contributed by atoms with van der Waals surface area (Å²) in [4.78, 5) is 13.0. The lowest BCUT2D eigenvalue weighted by atomic mass is 10.2. The minimum absolute atomic E-state index is 0.169. The SMILES string of the molecule is Cc1ccc(S(=O)(=O)Nc2ccc3sc4ccc(Cl)cc4c(=O)c3c2)cc1. The van der Waals surface area contributed by atoms with E-state index in [1.807, 2.05) is 13.0 Å². The number of sulfonamides is 1. The maximum absolute atomic E-state index is 12.8. The van der Waals surface area contributed by atoms with Gasteiger partial charge >= 0.3 is 0 Å². The van der Waals surface area contributed by atoms with Crippen molar-refractivity contribution in [2.45, 2.75) is 11.8 Å². The Kier molecular flexibility index (Phi) is 4.42. The molecule has 1 heterocycles. The van der Waals surface area contributed by atoms with Crippen molar-refractivity contribution in [3.63, 3.8) is 0 Å². The van der Waals surface area contributed by atoms with Crippen molar-refractivity contribution < 1.29 is 8.42 Å². The molecule has 0 amide bonds. The molecule has 136 valence electrons. The molecule has 4 rings (SSSR count). The van der Waals surface area contributed by atoms with Crippen LogP contribution in [0.5, 0.6) is 0 Å². The Bertz CT molecular complexity index is 1340. The van der Waals surface area contributed by atoms with Gasteiger partial charge in [0.2, 0.25) is 0 Å². The molecule has 0 aliphatic heterocycles. The zero-order chi connectivity index (χ0) is 19.2. The van der Waals surface area contributed by atoms with Gasteiger partial charge < -0.3 is 0 Å². The summed E-state index contributed by atoms with van der Waals surface area (Å²) in [6, 6.07) is 16.8. The van der Waals surface area contributed by atoms with Crippen LogP contribution in [0.15, 0.2) is 70.4 Å². The van der Waals surface area contributed by atoms with Crippen LogP contribution >= 0.6 is 22.9 Å². The third-order valence-electron chi connectivity index (χ3n) is 4.21. The van der Waals surface area contributed by atoms with E-state index in [0.29, 0.717) is 21.5 Å². The van der Waals surface area contributed by atoms with Crippen LogP contribution in [0.4, 0.5) is 5.69 Å². The third kappa shape index (κ3) is 3.43. The number of hydrogen-bond acceptors (Lipinski definition) is 4. The molecule has 0 aliphatic rings. The molecule has 0 bridgehead atoms. The summed E-state index contributed by atoms with van der Waals surface area (Å²) in [6.07, 6.45) is 0. The van der Waals surface area contributed by atoms with Crippen molar-refractivity contribution >= 4 is 58.8 Å². The van der Waals surface area contributed by atoms with Gasteiger partial charge in [-0.15, -0.1) is 11.3 Å². The predicted octanol–water partition coefficient (Wildman–Crippen LogP) is 5.18. The van der Waals surface area contributed by atoms with E-state index in [0.717, 1.165) is 15.0 Å². The molecule has 7 heteroatoms. The molecular formula is C20H14ClNO3S2. The fourth-order valence-corrected chi connectivity index (χ4v) is 5.08. The Labute approximate surface area is 165 Å². The second kappa shape index (κ2) is 6.64. The first-order chi connectivity index (χ1) is 12.8. The van der Waals surface area contributed by atoms with Gasteiger partial charge in [0.15, 0.2) is 5.43 Å². The van der Waals surface area contributed by atoms with Gasteiger partial charge in [-0.1, -0.05) is 29.3 Å². The zero-order valence-electron chi connectivity index (χ0n) is 14.2. The maximum atomic E-state index is 12.8. The number of aryl methyl sites for hydroxylation is 1. The standard InChI is InChI=1S/C20H14ClNO3S2/c1-12-2-6-15(7-3-12)27(24,25)22-14-5-9-19-17(11-14)20(23)16-10-13(21)4-8-18(16)26-19/h2-11,22H,1H3. The quantitative estimate of drug-likeness (QED) is 0.469. The molecule has 4 aromatic rings. The smallest absolute Gasteiger partial charge is 0.261 e. The van der Waals surface area contributed by atoms with Crippen LogP contribution in [0.2, 0.25) is 5.02 Å². The Morgan fingerprint density at radius 2 is 1.52 bits per heavy atom. The van der Waals surface area contributed by atoms with Gasteiger partial charge in [0, 0.05) is 30.9 Å². The highest BCUT2D eigenvalue weighted by Gasteiger charge is 2.15. The second-order valence-electron chi connectivity index (χ2n) is 6.20. The van der Waals surface area contributed by atoms with Crippen molar-refractivity contribution in [2.24, 2.45) is 0 Å². The van der Waals surface area contributed by atoms with Gasteiger partial charge in [-0.3, -0.25) is 9.52 Å². The Hall–Kier alpha value is -2.41. The number of rotatable bonds is 3. The van der Waals surface area contributed by atoms with Crippen LogP contribution in [-0.2, 0) is 10.0 Å². The van der Waals surface area contributed by atoms with E-state index >= 15 is 0 Å². The fraction of sp³-hybridized carbons (Fsp3) is 0.0500.